The van der Waals surface area contributed by atoms with Crippen LogP contribution in [-0.4, -0.2) is 30.0 Å². The van der Waals surface area contributed by atoms with Crippen LogP contribution in [0.15, 0.2) is 12.1 Å². The Morgan fingerprint density at radius 1 is 1.35 bits per heavy atom. The molecule has 1 N–H and O–H groups in total. The average Bonchev–Trinajstić information content (AvgIpc) is 2.43. The highest BCUT2D eigenvalue weighted by Gasteiger charge is 2.09. The van der Waals surface area contributed by atoms with E-state index in [1.54, 1.807) is 13.0 Å². The molecule has 0 aliphatic carbocycles. The summed E-state index contributed by atoms with van der Waals surface area (Å²) in [7, 11) is 0. The molecule has 6 heteroatoms. The predicted octanol–water partition coefficient (Wildman–Crippen LogP) is 2.37. The van der Waals surface area contributed by atoms with Crippen molar-refractivity contribution in [2.45, 2.75) is 33.1 Å². The summed E-state index contributed by atoms with van der Waals surface area (Å²) < 4.78 is 4.80. The second kappa shape index (κ2) is 8.53. The molecule has 0 bridgehead atoms. The van der Waals surface area contributed by atoms with Crippen molar-refractivity contribution < 1.29 is 14.3 Å². The fourth-order valence-electron chi connectivity index (χ4n) is 1.63. The minimum atomic E-state index is -0.248. The molecule has 0 aliphatic rings. The molecule has 110 valence electrons. The van der Waals surface area contributed by atoms with Crippen LogP contribution >= 0.6 is 11.6 Å². The number of amides is 1. The quantitative estimate of drug-likeness (QED) is 0.477. The normalized spacial score (nSPS) is 10.2. The lowest BCUT2D eigenvalue weighted by Gasteiger charge is -2.07. The smallest absolute Gasteiger partial charge is 0.305 e. The third-order valence-corrected chi connectivity index (χ3v) is 2.81. The first kappa shape index (κ1) is 16.4. The first-order valence-electron chi connectivity index (χ1n) is 6.67. The van der Waals surface area contributed by atoms with E-state index in [1.165, 1.54) is 6.07 Å². The van der Waals surface area contributed by atoms with Crippen molar-refractivity contribution in [1.29, 1.82) is 0 Å². The van der Waals surface area contributed by atoms with Gasteiger partial charge in [0.05, 0.1) is 6.61 Å². The van der Waals surface area contributed by atoms with E-state index in [9.17, 15) is 9.59 Å². The summed E-state index contributed by atoms with van der Waals surface area (Å²) >= 11 is 5.86. The Morgan fingerprint density at radius 3 is 2.75 bits per heavy atom. The van der Waals surface area contributed by atoms with Gasteiger partial charge in [-0.1, -0.05) is 18.5 Å². The Labute approximate surface area is 123 Å². The molecule has 0 fully saturated rings. The number of carbonyl (C=O) groups excluding carboxylic acids is 2. The molecule has 20 heavy (non-hydrogen) atoms. The van der Waals surface area contributed by atoms with Gasteiger partial charge in [0.1, 0.15) is 5.15 Å². The summed E-state index contributed by atoms with van der Waals surface area (Å²) in [5.41, 5.74) is 1.26. The first-order chi connectivity index (χ1) is 9.56. The number of carbonyl (C=O) groups is 2. The van der Waals surface area contributed by atoms with Gasteiger partial charge < -0.3 is 10.1 Å². The Morgan fingerprint density at radius 2 is 2.10 bits per heavy atom. The third-order valence-electron chi connectivity index (χ3n) is 2.62. The molecule has 0 aliphatic heterocycles. The summed E-state index contributed by atoms with van der Waals surface area (Å²) in [6.45, 7) is 4.50. The van der Waals surface area contributed by atoms with Gasteiger partial charge in [-0.2, -0.15) is 0 Å². The Balaban J connectivity index is 2.43. The molecular formula is C14H19ClN2O3. The van der Waals surface area contributed by atoms with E-state index in [0.717, 1.165) is 5.69 Å². The molecule has 1 amide bonds. The fraction of sp³-hybridized carbons (Fsp3) is 0.500. The van der Waals surface area contributed by atoms with E-state index in [0.29, 0.717) is 43.1 Å². The molecule has 0 unspecified atom stereocenters. The number of ether oxygens (including phenoxy) is 1. The molecule has 1 rings (SSSR count). The maximum absolute atomic E-state index is 11.9. The maximum atomic E-state index is 11.9. The number of rotatable bonds is 7. The molecule has 0 saturated heterocycles. The van der Waals surface area contributed by atoms with Crippen LogP contribution in [0.5, 0.6) is 0 Å². The van der Waals surface area contributed by atoms with Crippen LogP contribution in [0, 0.1) is 0 Å². The van der Waals surface area contributed by atoms with Crippen LogP contribution in [0.1, 0.15) is 42.7 Å². The number of aromatic nitrogens is 1. The second-order valence-electron chi connectivity index (χ2n) is 4.19. The predicted molar refractivity (Wildman–Crippen MR) is 76.8 cm³/mol. The zero-order valence-electron chi connectivity index (χ0n) is 11.7. The van der Waals surface area contributed by atoms with Gasteiger partial charge in [-0.3, -0.25) is 9.59 Å². The van der Waals surface area contributed by atoms with E-state index >= 15 is 0 Å². The minimum absolute atomic E-state index is 0.215. The molecule has 1 heterocycles. The van der Waals surface area contributed by atoms with Gasteiger partial charge in [-0.05, 0) is 31.9 Å². The summed E-state index contributed by atoms with van der Waals surface area (Å²) in [6, 6.07) is 3.24. The van der Waals surface area contributed by atoms with Crippen molar-refractivity contribution in [1.82, 2.24) is 10.3 Å². The number of pyridine rings is 1. The highest BCUT2D eigenvalue weighted by Crippen LogP contribution is 2.11. The minimum Gasteiger partial charge on any atom is -0.466 e. The lowest BCUT2D eigenvalue weighted by molar-refractivity contribution is -0.143. The number of halogens is 1. The molecular weight excluding hydrogens is 280 g/mol. The largest absolute Gasteiger partial charge is 0.466 e. The molecule has 0 atom stereocenters. The number of esters is 1. The topological polar surface area (TPSA) is 68.3 Å². The molecule has 0 spiro atoms. The van der Waals surface area contributed by atoms with Crippen molar-refractivity contribution in [3.05, 3.63) is 28.5 Å². The average molecular weight is 299 g/mol. The summed E-state index contributed by atoms with van der Waals surface area (Å²) in [6.07, 6.45) is 1.55. The van der Waals surface area contributed by atoms with Gasteiger partial charge in [0, 0.05) is 24.2 Å². The summed E-state index contributed by atoms with van der Waals surface area (Å²) in [5.74, 6) is -0.463. The zero-order chi connectivity index (χ0) is 15.0. The molecule has 5 nitrogen and oxygen atoms in total. The van der Waals surface area contributed by atoms with E-state index in [2.05, 4.69) is 10.3 Å². The van der Waals surface area contributed by atoms with Crippen molar-refractivity contribution in [3.8, 4) is 0 Å². The number of nitrogens with zero attached hydrogens (tertiary/aromatic N) is 1. The van der Waals surface area contributed by atoms with Crippen molar-refractivity contribution in [3.63, 3.8) is 0 Å². The highest BCUT2D eigenvalue weighted by atomic mass is 35.5. The summed E-state index contributed by atoms with van der Waals surface area (Å²) in [4.78, 5) is 27.1. The Hall–Kier alpha value is -1.62. The fourth-order valence-corrected chi connectivity index (χ4v) is 1.86. The molecule has 0 saturated carbocycles. The monoisotopic (exact) mass is 298 g/mol. The SMILES string of the molecule is CCOC(=O)CCCNC(=O)c1cc(Cl)nc(CC)c1. The van der Waals surface area contributed by atoms with Crippen LogP contribution < -0.4 is 5.32 Å². The second-order valence-corrected chi connectivity index (χ2v) is 4.58. The van der Waals surface area contributed by atoms with Crippen molar-refractivity contribution >= 4 is 23.5 Å². The third kappa shape index (κ3) is 5.57. The molecule has 0 aromatic carbocycles. The number of hydrogen-bond acceptors (Lipinski definition) is 4. The lowest BCUT2D eigenvalue weighted by Crippen LogP contribution is -2.25. The van der Waals surface area contributed by atoms with Gasteiger partial charge in [0.2, 0.25) is 0 Å². The number of nitrogens with one attached hydrogen (secondary N) is 1. The zero-order valence-corrected chi connectivity index (χ0v) is 12.5. The van der Waals surface area contributed by atoms with Crippen LogP contribution in [-0.2, 0) is 16.0 Å². The van der Waals surface area contributed by atoms with Crippen molar-refractivity contribution in [2.24, 2.45) is 0 Å². The Bertz CT molecular complexity index is 477. The molecule has 1 aromatic rings. The van der Waals surface area contributed by atoms with Crippen LogP contribution in [0.2, 0.25) is 5.15 Å². The Kier molecular flexibility index (Phi) is 7.01. The van der Waals surface area contributed by atoms with Gasteiger partial charge >= 0.3 is 5.97 Å². The number of hydrogen-bond donors (Lipinski definition) is 1. The van der Waals surface area contributed by atoms with Crippen molar-refractivity contribution in [2.75, 3.05) is 13.2 Å². The van der Waals surface area contributed by atoms with Gasteiger partial charge in [0.25, 0.3) is 5.91 Å². The van der Waals surface area contributed by atoms with Crippen LogP contribution in [0.4, 0.5) is 0 Å². The van der Waals surface area contributed by atoms with E-state index in [4.69, 9.17) is 16.3 Å². The molecule has 1 aromatic heterocycles. The maximum Gasteiger partial charge on any atom is 0.305 e. The van der Waals surface area contributed by atoms with E-state index < -0.39 is 0 Å². The number of aryl methyl sites for hydroxylation is 1. The van der Waals surface area contributed by atoms with Gasteiger partial charge in [-0.15, -0.1) is 0 Å². The molecule has 0 radical (unpaired) electrons. The first-order valence-corrected chi connectivity index (χ1v) is 7.04. The lowest BCUT2D eigenvalue weighted by atomic mass is 10.2. The van der Waals surface area contributed by atoms with Crippen LogP contribution in [0.3, 0.4) is 0 Å². The van der Waals surface area contributed by atoms with Gasteiger partial charge in [-0.25, -0.2) is 4.98 Å². The standard InChI is InChI=1S/C14H19ClN2O3/c1-3-11-8-10(9-12(15)17-11)14(19)16-7-5-6-13(18)20-4-2/h8-9H,3-7H2,1-2H3,(H,16,19). The van der Waals surface area contributed by atoms with E-state index in [-0.39, 0.29) is 11.9 Å². The van der Waals surface area contributed by atoms with Crippen LogP contribution in [0.25, 0.3) is 0 Å². The van der Waals surface area contributed by atoms with E-state index in [1.807, 2.05) is 6.92 Å². The highest BCUT2D eigenvalue weighted by molar-refractivity contribution is 6.29. The van der Waals surface area contributed by atoms with Gasteiger partial charge in [0.15, 0.2) is 0 Å². The summed E-state index contributed by atoms with van der Waals surface area (Å²) in [5, 5.41) is 3.05.